The molecule has 1 aliphatic carbocycles. The van der Waals surface area contributed by atoms with Gasteiger partial charge in [0.15, 0.2) is 10.9 Å². The number of aliphatic hydroxyl groups is 1. The van der Waals surface area contributed by atoms with Crippen LogP contribution in [0.5, 0.6) is 0 Å². The molecule has 0 spiro atoms. The number of halogens is 1. The normalized spacial score (nSPS) is 14.7. The van der Waals surface area contributed by atoms with Crippen molar-refractivity contribution in [3.8, 4) is 0 Å². The van der Waals surface area contributed by atoms with Crippen molar-refractivity contribution in [1.29, 1.82) is 0 Å². The van der Waals surface area contributed by atoms with Crippen molar-refractivity contribution >= 4 is 60.7 Å². The van der Waals surface area contributed by atoms with E-state index in [0.29, 0.717) is 34.1 Å². The van der Waals surface area contributed by atoms with Gasteiger partial charge in [0.25, 0.3) is 5.91 Å². The lowest BCUT2D eigenvalue weighted by Crippen LogP contribution is -2.36. The van der Waals surface area contributed by atoms with Crippen LogP contribution in [-0.2, 0) is 6.54 Å². The van der Waals surface area contributed by atoms with Gasteiger partial charge in [0.05, 0.1) is 30.1 Å². The third-order valence-corrected chi connectivity index (χ3v) is 7.23. The second-order valence-electron chi connectivity index (χ2n) is 8.12. The number of H-pyrrole nitrogens is 1. The maximum Gasteiger partial charge on any atom is 0.267 e. The van der Waals surface area contributed by atoms with Gasteiger partial charge in [0, 0.05) is 27.7 Å². The molecule has 0 bridgehead atoms. The third-order valence-electron chi connectivity index (χ3n) is 5.65. The summed E-state index contributed by atoms with van der Waals surface area (Å²) in [6.45, 7) is 2.32. The SMILES string of the molecule is Cc1cn(CC(O)N(C)C2CC2)nc1Nc1ncc(C(=O)Nc2c(Br)ccc3[nH]ncc23)s1. The Hall–Kier alpha value is -2.80. The van der Waals surface area contributed by atoms with Crippen molar-refractivity contribution in [2.45, 2.75) is 38.6 Å². The predicted octanol–water partition coefficient (Wildman–Crippen LogP) is 3.70. The Kier molecular flexibility index (Phi) is 5.91. The van der Waals surface area contributed by atoms with E-state index in [1.165, 1.54) is 17.5 Å². The lowest BCUT2D eigenvalue weighted by Gasteiger charge is -2.22. The zero-order chi connectivity index (χ0) is 23.1. The lowest BCUT2D eigenvalue weighted by molar-refractivity contribution is 0.00113. The number of hydrogen-bond acceptors (Lipinski definition) is 8. The van der Waals surface area contributed by atoms with Gasteiger partial charge in [-0.3, -0.25) is 19.5 Å². The monoisotopic (exact) mass is 530 g/mol. The Morgan fingerprint density at radius 1 is 1.42 bits per heavy atom. The van der Waals surface area contributed by atoms with E-state index in [0.717, 1.165) is 33.8 Å². The van der Waals surface area contributed by atoms with Crippen molar-refractivity contribution in [2.24, 2.45) is 0 Å². The summed E-state index contributed by atoms with van der Waals surface area (Å²) < 4.78 is 2.49. The average Bonchev–Trinajstić information content (AvgIpc) is 3.17. The molecule has 1 saturated carbocycles. The van der Waals surface area contributed by atoms with E-state index in [4.69, 9.17) is 0 Å². The molecule has 3 aromatic heterocycles. The molecule has 0 saturated heterocycles. The summed E-state index contributed by atoms with van der Waals surface area (Å²) in [5.74, 6) is 0.381. The highest BCUT2D eigenvalue weighted by Crippen LogP contribution is 2.32. The summed E-state index contributed by atoms with van der Waals surface area (Å²) in [5, 5.41) is 29.4. The lowest BCUT2D eigenvalue weighted by atomic mass is 10.2. The number of benzene rings is 1. The Labute approximate surface area is 202 Å². The number of carbonyl (C=O) groups excluding carboxylic acids is 1. The Bertz CT molecular complexity index is 1310. The van der Waals surface area contributed by atoms with E-state index in [1.54, 1.807) is 10.9 Å². The summed E-state index contributed by atoms with van der Waals surface area (Å²) in [5.41, 5.74) is 2.41. The highest BCUT2D eigenvalue weighted by Gasteiger charge is 2.30. The second-order valence-corrected chi connectivity index (χ2v) is 10.0. The number of anilines is 3. The minimum atomic E-state index is -0.584. The molecule has 33 heavy (non-hydrogen) atoms. The van der Waals surface area contributed by atoms with Crippen LogP contribution in [0.1, 0.15) is 28.1 Å². The van der Waals surface area contributed by atoms with E-state index in [9.17, 15) is 9.90 Å². The first-order chi connectivity index (χ1) is 15.9. The van der Waals surface area contributed by atoms with Gasteiger partial charge in [-0.25, -0.2) is 4.98 Å². The Morgan fingerprint density at radius 2 is 2.24 bits per heavy atom. The number of carbonyl (C=O) groups is 1. The molecule has 10 nitrogen and oxygen atoms in total. The Morgan fingerprint density at radius 3 is 3.03 bits per heavy atom. The van der Waals surface area contributed by atoms with Crippen molar-refractivity contribution < 1.29 is 9.90 Å². The molecule has 4 N–H and O–H groups in total. The first kappa shape index (κ1) is 22.0. The van der Waals surface area contributed by atoms with Gasteiger partial charge < -0.3 is 15.7 Å². The number of thiazole rings is 1. The van der Waals surface area contributed by atoms with Crippen molar-refractivity contribution in [3.05, 3.63) is 45.6 Å². The zero-order valence-corrected chi connectivity index (χ0v) is 20.4. The number of hydrogen-bond donors (Lipinski definition) is 4. The van der Waals surface area contributed by atoms with Crippen LogP contribution in [0, 0.1) is 6.92 Å². The van der Waals surface area contributed by atoms with E-state index in [2.05, 4.69) is 46.8 Å². The third kappa shape index (κ3) is 4.64. The molecule has 172 valence electrons. The van der Waals surface area contributed by atoms with Crippen LogP contribution in [0.25, 0.3) is 10.9 Å². The summed E-state index contributed by atoms with van der Waals surface area (Å²) in [6.07, 6.45) is 6.77. The molecule has 0 aliphatic heterocycles. The molecule has 1 aliphatic rings. The standard InChI is InChI=1S/C21H23BrN8O2S/c1-11-9-30(10-17(31)29(2)12-3-4-12)28-19(11)26-21-23-8-16(33-21)20(32)25-18-13-7-24-27-15(13)6-5-14(18)22/h5-9,12,17,31H,3-4,10H2,1-2H3,(H,24,27)(H,25,32)(H,23,26,28). The number of nitrogens with zero attached hydrogens (tertiary/aromatic N) is 5. The number of fused-ring (bicyclic) bond motifs is 1. The quantitative estimate of drug-likeness (QED) is 0.256. The summed E-state index contributed by atoms with van der Waals surface area (Å²) in [7, 11) is 1.94. The van der Waals surface area contributed by atoms with Crippen LogP contribution in [0.15, 0.2) is 35.2 Å². The number of aromatic amines is 1. The van der Waals surface area contributed by atoms with E-state index in [1.807, 2.05) is 37.2 Å². The first-order valence-corrected chi connectivity index (χ1v) is 12.1. The van der Waals surface area contributed by atoms with Gasteiger partial charge in [-0.05, 0) is 54.9 Å². The van der Waals surface area contributed by atoms with Crippen LogP contribution in [-0.4, -0.2) is 60.2 Å². The van der Waals surface area contributed by atoms with Gasteiger partial charge in [-0.2, -0.15) is 10.2 Å². The number of nitrogens with one attached hydrogen (secondary N) is 3. The van der Waals surface area contributed by atoms with Crippen molar-refractivity contribution in [1.82, 2.24) is 29.9 Å². The predicted molar refractivity (Wildman–Crippen MR) is 131 cm³/mol. The van der Waals surface area contributed by atoms with Crippen LogP contribution in [0.3, 0.4) is 0 Å². The van der Waals surface area contributed by atoms with E-state index >= 15 is 0 Å². The number of aryl methyl sites for hydroxylation is 1. The van der Waals surface area contributed by atoms with Crippen LogP contribution < -0.4 is 10.6 Å². The molecular weight excluding hydrogens is 508 g/mol. The molecular formula is C21H23BrN8O2S. The summed E-state index contributed by atoms with van der Waals surface area (Å²) in [4.78, 5) is 19.6. The topological polar surface area (TPSA) is 124 Å². The molecule has 1 atom stereocenters. The van der Waals surface area contributed by atoms with Gasteiger partial charge >= 0.3 is 0 Å². The number of aliphatic hydroxyl groups excluding tert-OH is 1. The Balaban J connectivity index is 1.26. The van der Waals surface area contributed by atoms with Crippen LogP contribution >= 0.6 is 27.3 Å². The molecule has 5 rings (SSSR count). The van der Waals surface area contributed by atoms with Gasteiger partial charge in [-0.15, -0.1) is 0 Å². The molecule has 1 unspecified atom stereocenters. The first-order valence-electron chi connectivity index (χ1n) is 10.5. The molecule has 1 fully saturated rings. The molecule has 4 aromatic rings. The molecule has 12 heteroatoms. The van der Waals surface area contributed by atoms with Crippen LogP contribution in [0.2, 0.25) is 0 Å². The van der Waals surface area contributed by atoms with Crippen molar-refractivity contribution in [2.75, 3.05) is 17.7 Å². The fourth-order valence-electron chi connectivity index (χ4n) is 3.59. The van der Waals surface area contributed by atoms with Gasteiger partial charge in [-0.1, -0.05) is 11.3 Å². The number of rotatable bonds is 8. The minimum absolute atomic E-state index is 0.261. The molecule has 1 amide bonds. The fourth-order valence-corrected chi connectivity index (χ4v) is 4.75. The summed E-state index contributed by atoms with van der Waals surface area (Å²) in [6, 6.07) is 4.21. The average molecular weight is 531 g/mol. The molecule has 3 heterocycles. The largest absolute Gasteiger partial charge is 0.376 e. The van der Waals surface area contributed by atoms with Crippen LogP contribution in [0.4, 0.5) is 16.6 Å². The van der Waals surface area contributed by atoms with E-state index in [-0.39, 0.29) is 5.91 Å². The van der Waals surface area contributed by atoms with Crippen molar-refractivity contribution in [3.63, 3.8) is 0 Å². The highest BCUT2D eigenvalue weighted by molar-refractivity contribution is 9.10. The number of aromatic nitrogens is 5. The summed E-state index contributed by atoms with van der Waals surface area (Å²) >= 11 is 4.72. The van der Waals surface area contributed by atoms with E-state index < -0.39 is 6.23 Å². The number of likely N-dealkylation sites (N-methyl/N-ethyl adjacent to an activating group) is 1. The smallest absolute Gasteiger partial charge is 0.267 e. The minimum Gasteiger partial charge on any atom is -0.376 e. The second kappa shape index (κ2) is 8.86. The molecule has 1 aromatic carbocycles. The fraction of sp³-hybridized carbons (Fsp3) is 0.333. The maximum atomic E-state index is 12.8. The number of amides is 1. The van der Waals surface area contributed by atoms with Gasteiger partial charge in [0.1, 0.15) is 11.1 Å². The molecule has 0 radical (unpaired) electrons. The zero-order valence-electron chi connectivity index (χ0n) is 18.0. The maximum absolute atomic E-state index is 12.8. The van der Waals surface area contributed by atoms with Gasteiger partial charge in [0.2, 0.25) is 0 Å². The highest BCUT2D eigenvalue weighted by atomic mass is 79.9.